The van der Waals surface area contributed by atoms with Crippen molar-refractivity contribution in [1.82, 2.24) is 19.4 Å². The fraction of sp³-hybridized carbons (Fsp3) is 0.303. The first kappa shape index (κ1) is 35.8. The molecule has 1 heterocycles. The van der Waals surface area contributed by atoms with Crippen LogP contribution in [0.1, 0.15) is 30.5 Å². The lowest BCUT2D eigenvalue weighted by atomic mass is 10.0. The third-order valence-corrected chi connectivity index (χ3v) is 8.30. The van der Waals surface area contributed by atoms with Gasteiger partial charge in [-0.05, 0) is 59.6 Å². The van der Waals surface area contributed by atoms with Crippen molar-refractivity contribution in [2.45, 2.75) is 37.5 Å². The summed E-state index contributed by atoms with van der Waals surface area (Å²) in [6.07, 6.45) is -1.94. The smallest absolute Gasteiger partial charge is 0.340 e. The van der Waals surface area contributed by atoms with Crippen molar-refractivity contribution in [2.24, 2.45) is 7.05 Å². The van der Waals surface area contributed by atoms with Crippen LogP contribution in [-0.4, -0.2) is 51.9 Å². The average Bonchev–Trinajstić information content (AvgIpc) is 3.03. The first-order valence-electron chi connectivity index (χ1n) is 14.2. The Hall–Kier alpha value is -3.67. The number of nitrogens with zero attached hydrogens (tertiary/aromatic N) is 4. The molecule has 0 saturated carbocycles. The van der Waals surface area contributed by atoms with Crippen LogP contribution >= 0.6 is 23.4 Å². The van der Waals surface area contributed by atoms with Crippen molar-refractivity contribution in [2.75, 3.05) is 26.2 Å². The molecule has 0 aliphatic rings. The molecule has 0 aliphatic heterocycles. The van der Waals surface area contributed by atoms with Gasteiger partial charge in [-0.2, -0.15) is 18.2 Å². The number of alkyl halides is 3. The maximum absolute atomic E-state index is 12.7. The highest BCUT2D eigenvalue weighted by Crippen LogP contribution is 2.31. The zero-order valence-corrected chi connectivity index (χ0v) is 26.8. The second kappa shape index (κ2) is 17.1. The molecule has 12 heteroatoms. The molecule has 240 valence electrons. The van der Waals surface area contributed by atoms with Gasteiger partial charge < -0.3 is 14.4 Å². The maximum atomic E-state index is 12.7. The minimum atomic E-state index is -4.33. The second-order valence-corrected chi connectivity index (χ2v) is 11.4. The zero-order chi connectivity index (χ0) is 33.0. The van der Waals surface area contributed by atoms with Crippen LogP contribution in [0.3, 0.4) is 0 Å². The number of amides is 1. The van der Waals surface area contributed by atoms with Gasteiger partial charge in [0.15, 0.2) is 5.16 Å². The predicted molar refractivity (Wildman–Crippen MR) is 172 cm³/mol. The summed E-state index contributed by atoms with van der Waals surface area (Å²) >= 11 is 7.07. The summed E-state index contributed by atoms with van der Waals surface area (Å²) in [6.45, 7) is 8.08. The molecule has 0 N–H and O–H groups in total. The van der Waals surface area contributed by atoms with Crippen molar-refractivity contribution >= 4 is 29.8 Å². The molecule has 4 aromatic rings. The van der Waals surface area contributed by atoms with E-state index in [1.54, 1.807) is 28.6 Å². The van der Waals surface area contributed by atoms with Gasteiger partial charge in [0.1, 0.15) is 10.8 Å². The fourth-order valence-electron chi connectivity index (χ4n) is 4.23. The Morgan fingerprint density at radius 1 is 0.889 bits per heavy atom. The number of carbonyl (C=O) groups excluding carboxylic acids is 1. The number of rotatable bonds is 12. The lowest BCUT2D eigenvalue weighted by molar-refractivity contribution is -0.137. The van der Waals surface area contributed by atoms with E-state index in [-0.39, 0.29) is 10.8 Å². The summed E-state index contributed by atoms with van der Waals surface area (Å²) in [4.78, 5) is 30.5. The Morgan fingerprint density at radius 2 is 1.44 bits per heavy atom. The molecular weight excluding hydrogens is 628 g/mol. The lowest BCUT2D eigenvalue weighted by Crippen LogP contribution is -2.34. The van der Waals surface area contributed by atoms with Gasteiger partial charge in [-0.3, -0.25) is 9.59 Å². The maximum Gasteiger partial charge on any atom is 0.416 e. The van der Waals surface area contributed by atoms with Crippen molar-refractivity contribution < 1.29 is 22.4 Å². The number of likely N-dealkylation sites (N-methyl/N-ethyl adjacent to an activating group) is 1. The summed E-state index contributed by atoms with van der Waals surface area (Å²) in [5.74, 6) is 0.350. The molecule has 0 radical (unpaired) electrons. The van der Waals surface area contributed by atoms with Crippen molar-refractivity contribution in [3.05, 3.63) is 117 Å². The van der Waals surface area contributed by atoms with E-state index < -0.39 is 17.3 Å². The van der Waals surface area contributed by atoms with Gasteiger partial charge in [-0.15, -0.1) is 0 Å². The Bertz CT molecular complexity index is 1560. The van der Waals surface area contributed by atoms with Gasteiger partial charge >= 0.3 is 6.18 Å². The van der Waals surface area contributed by atoms with E-state index in [0.717, 1.165) is 60.4 Å². The highest BCUT2D eigenvalue weighted by Gasteiger charge is 2.29. The van der Waals surface area contributed by atoms with Gasteiger partial charge in [0, 0.05) is 38.6 Å². The fourth-order valence-corrected chi connectivity index (χ4v) is 5.31. The minimum Gasteiger partial charge on any atom is -0.340 e. The summed E-state index contributed by atoms with van der Waals surface area (Å²) in [6, 6.07) is 18.9. The van der Waals surface area contributed by atoms with E-state index in [0.29, 0.717) is 24.0 Å². The molecule has 0 atom stereocenters. The van der Waals surface area contributed by atoms with Gasteiger partial charge in [-0.25, -0.2) is 4.39 Å². The van der Waals surface area contributed by atoms with Crippen LogP contribution in [-0.2, 0) is 30.3 Å². The Kier molecular flexibility index (Phi) is 13.6. The minimum absolute atomic E-state index is 0.101. The Balaban J connectivity index is 0.000000265. The van der Waals surface area contributed by atoms with E-state index >= 15 is 0 Å². The summed E-state index contributed by atoms with van der Waals surface area (Å²) in [7, 11) is 1.77. The van der Waals surface area contributed by atoms with E-state index in [4.69, 9.17) is 11.6 Å². The number of aromatic nitrogens is 2. The second-order valence-electron chi connectivity index (χ2n) is 10.1. The highest BCUT2D eigenvalue weighted by atomic mass is 35.5. The molecule has 0 unspecified atom stereocenters. The molecule has 4 rings (SSSR count). The van der Waals surface area contributed by atoms with Crippen LogP contribution in [0.25, 0.3) is 11.1 Å². The highest BCUT2D eigenvalue weighted by molar-refractivity contribution is 7.98. The average molecular weight is 663 g/mol. The number of halogens is 5. The number of hydrogen-bond acceptors (Lipinski definition) is 5. The van der Waals surface area contributed by atoms with Crippen LogP contribution in [0.2, 0.25) is 5.02 Å². The van der Waals surface area contributed by atoms with E-state index in [9.17, 15) is 27.2 Å². The molecule has 6 nitrogen and oxygen atoms in total. The molecule has 0 bridgehead atoms. The number of thioether (sulfide) groups is 1. The molecule has 0 fully saturated rings. The van der Waals surface area contributed by atoms with E-state index in [1.165, 1.54) is 42.2 Å². The van der Waals surface area contributed by atoms with Crippen LogP contribution in [0.15, 0.2) is 88.9 Å². The number of hydrogen-bond donors (Lipinski definition) is 0. The van der Waals surface area contributed by atoms with Gasteiger partial charge in [-0.1, -0.05) is 85.7 Å². The van der Waals surface area contributed by atoms with Gasteiger partial charge in [0.2, 0.25) is 6.41 Å². The molecule has 0 aliphatic carbocycles. The standard InChI is InChI=1S/C21H25F3N2O.C12H10ClFN2OS/c1-3-25(4-2)13-14-26(16-27)15-17-5-7-18(8-6-17)19-9-11-20(12-10-19)21(22,23)24;1-16-6-10(13)11(17)15-12(16)18-7-8-2-4-9(14)5-3-8/h5-12,16H,3-4,13-15H2,1-2H3;2-6H,7H2,1H3. The molecule has 3 aromatic carbocycles. The normalized spacial score (nSPS) is 11.2. The molecule has 1 amide bonds. The predicted octanol–water partition coefficient (Wildman–Crippen LogP) is 7.54. The first-order chi connectivity index (χ1) is 21.4. The molecule has 1 aromatic heterocycles. The van der Waals surface area contributed by atoms with Crippen LogP contribution in [0.5, 0.6) is 0 Å². The topological polar surface area (TPSA) is 58.4 Å². The largest absolute Gasteiger partial charge is 0.416 e. The van der Waals surface area contributed by atoms with Gasteiger partial charge in [0.25, 0.3) is 5.56 Å². The Morgan fingerprint density at radius 3 is 1.98 bits per heavy atom. The monoisotopic (exact) mass is 662 g/mol. The van der Waals surface area contributed by atoms with Crippen LogP contribution in [0.4, 0.5) is 17.6 Å². The van der Waals surface area contributed by atoms with E-state index in [1.807, 2.05) is 24.3 Å². The lowest BCUT2D eigenvalue weighted by Gasteiger charge is -2.23. The zero-order valence-electron chi connectivity index (χ0n) is 25.2. The van der Waals surface area contributed by atoms with E-state index in [2.05, 4.69) is 23.7 Å². The summed E-state index contributed by atoms with van der Waals surface area (Å²) in [5, 5.41) is 0.678. The summed E-state index contributed by atoms with van der Waals surface area (Å²) in [5.41, 5.74) is 2.42. The quantitative estimate of drug-likeness (QED) is 0.0679. The third kappa shape index (κ3) is 11.3. The van der Waals surface area contributed by atoms with Gasteiger partial charge in [0.05, 0.1) is 5.56 Å². The third-order valence-electron chi connectivity index (χ3n) is 6.92. The number of aryl methyl sites for hydroxylation is 1. The Labute approximate surface area is 269 Å². The molecule has 0 saturated heterocycles. The molecule has 0 spiro atoms. The molecule has 45 heavy (non-hydrogen) atoms. The number of carbonyl (C=O) groups is 1. The van der Waals surface area contributed by atoms with Crippen molar-refractivity contribution in [1.29, 1.82) is 0 Å². The van der Waals surface area contributed by atoms with Crippen molar-refractivity contribution in [3.8, 4) is 11.1 Å². The SMILES string of the molecule is CCN(CC)CCN(C=O)Cc1ccc(-c2ccc(C(F)(F)F)cc2)cc1.Cn1cc(Cl)c(=O)nc1SCc1ccc(F)cc1. The first-order valence-corrected chi connectivity index (χ1v) is 15.6. The van der Waals surface area contributed by atoms with Crippen LogP contribution in [0, 0.1) is 5.82 Å². The molecular formula is C33H35ClF4N4O2S. The number of benzene rings is 3. The summed E-state index contributed by atoms with van der Waals surface area (Å²) < 4.78 is 52.4. The van der Waals surface area contributed by atoms with Crippen molar-refractivity contribution in [3.63, 3.8) is 0 Å². The van der Waals surface area contributed by atoms with Crippen LogP contribution < -0.4 is 5.56 Å².